The van der Waals surface area contributed by atoms with E-state index < -0.39 is 0 Å². The number of nitrogens with two attached hydrogens (primary N) is 1. The van der Waals surface area contributed by atoms with Crippen LogP contribution in [0.25, 0.3) is 0 Å². The number of hydrogen-bond acceptors (Lipinski definition) is 3. The van der Waals surface area contributed by atoms with Gasteiger partial charge in [0, 0.05) is 18.8 Å². The second-order valence-corrected chi connectivity index (χ2v) is 3.56. The van der Waals surface area contributed by atoms with Gasteiger partial charge >= 0.3 is 0 Å². The molecule has 0 fully saturated rings. The van der Waals surface area contributed by atoms with E-state index in [1.165, 1.54) is 0 Å². The lowest BCUT2D eigenvalue weighted by Gasteiger charge is -2.05. The van der Waals surface area contributed by atoms with Crippen molar-refractivity contribution in [1.82, 2.24) is 9.97 Å². The Hall–Kier alpha value is -1.45. The van der Waals surface area contributed by atoms with Gasteiger partial charge in [-0.2, -0.15) is 0 Å². The topological polar surface area (TPSA) is 68.9 Å². The second kappa shape index (κ2) is 4.69. The van der Waals surface area contributed by atoms with E-state index in [1.54, 1.807) is 12.4 Å². The highest BCUT2D eigenvalue weighted by Crippen LogP contribution is 2.10. The molecule has 1 amide bonds. The fourth-order valence-electron chi connectivity index (χ4n) is 1.07. The molecule has 0 aromatic carbocycles. The summed E-state index contributed by atoms with van der Waals surface area (Å²) in [6, 6.07) is 0. The van der Waals surface area contributed by atoms with E-state index in [9.17, 15) is 4.79 Å². The van der Waals surface area contributed by atoms with Crippen LogP contribution in [0.2, 0.25) is 0 Å². The predicted molar refractivity (Wildman–Crippen MR) is 53.6 cm³/mol. The number of aryl methyl sites for hydroxylation is 1. The van der Waals surface area contributed by atoms with E-state index >= 15 is 0 Å². The Bertz CT molecular complexity index is 323. The van der Waals surface area contributed by atoms with E-state index in [2.05, 4.69) is 23.8 Å². The van der Waals surface area contributed by atoms with E-state index in [0.717, 1.165) is 11.4 Å². The Kier molecular flexibility index (Phi) is 3.56. The molecule has 0 aliphatic carbocycles. The van der Waals surface area contributed by atoms with Gasteiger partial charge in [-0.05, 0) is 12.3 Å². The highest BCUT2D eigenvalue weighted by Gasteiger charge is 2.04. The van der Waals surface area contributed by atoms with Crippen LogP contribution in [-0.2, 0) is 11.2 Å². The van der Waals surface area contributed by atoms with Gasteiger partial charge in [0.2, 0.25) is 5.91 Å². The molecule has 1 aromatic rings. The monoisotopic (exact) mass is 193 g/mol. The Balaban J connectivity index is 2.68. The summed E-state index contributed by atoms with van der Waals surface area (Å²) in [6.07, 6.45) is 4.33. The molecule has 1 rings (SSSR count). The van der Waals surface area contributed by atoms with Crippen molar-refractivity contribution in [2.75, 3.05) is 0 Å². The van der Waals surface area contributed by atoms with Crippen LogP contribution in [0.15, 0.2) is 12.4 Å². The largest absolute Gasteiger partial charge is 0.370 e. The molecule has 0 atom stereocenters. The fraction of sp³-hybridized carbons (Fsp3) is 0.500. The van der Waals surface area contributed by atoms with Gasteiger partial charge in [0.05, 0.1) is 11.4 Å². The summed E-state index contributed by atoms with van der Waals surface area (Å²) in [5.74, 6) is 0.0535. The highest BCUT2D eigenvalue weighted by atomic mass is 16.1. The third kappa shape index (κ3) is 3.12. The number of primary amides is 1. The first-order chi connectivity index (χ1) is 6.59. The normalized spacial score (nSPS) is 10.5. The molecule has 0 aliphatic rings. The van der Waals surface area contributed by atoms with E-state index in [1.807, 2.05) is 0 Å². The van der Waals surface area contributed by atoms with Crippen molar-refractivity contribution in [1.29, 1.82) is 0 Å². The molecule has 4 nitrogen and oxygen atoms in total. The Morgan fingerprint density at radius 3 is 2.79 bits per heavy atom. The minimum absolute atomic E-state index is 0.304. The molecule has 0 radical (unpaired) electrons. The first-order valence-corrected chi connectivity index (χ1v) is 4.68. The summed E-state index contributed by atoms with van der Waals surface area (Å²) >= 11 is 0. The zero-order valence-electron chi connectivity index (χ0n) is 8.53. The lowest BCUT2D eigenvalue weighted by molar-refractivity contribution is -0.118. The van der Waals surface area contributed by atoms with Crippen LogP contribution < -0.4 is 5.73 Å². The van der Waals surface area contributed by atoms with Crippen molar-refractivity contribution >= 4 is 5.91 Å². The van der Waals surface area contributed by atoms with Crippen molar-refractivity contribution in [2.24, 2.45) is 5.73 Å². The van der Waals surface area contributed by atoms with Gasteiger partial charge in [-0.25, -0.2) is 0 Å². The lowest BCUT2D eigenvalue weighted by atomic mass is 10.1. The van der Waals surface area contributed by atoms with Crippen LogP contribution in [0.5, 0.6) is 0 Å². The Morgan fingerprint density at radius 1 is 1.50 bits per heavy atom. The molecule has 76 valence electrons. The number of carbonyl (C=O) groups excluding carboxylic acids is 1. The summed E-state index contributed by atoms with van der Waals surface area (Å²) in [4.78, 5) is 19.0. The molecular formula is C10H15N3O. The van der Waals surface area contributed by atoms with Crippen LogP contribution in [0, 0.1) is 0 Å². The average molecular weight is 193 g/mol. The van der Waals surface area contributed by atoms with E-state index in [4.69, 9.17) is 5.73 Å². The van der Waals surface area contributed by atoms with Crippen molar-refractivity contribution in [3.8, 4) is 0 Å². The molecule has 0 spiro atoms. The summed E-state index contributed by atoms with van der Waals surface area (Å²) in [5, 5.41) is 0. The maximum absolute atomic E-state index is 10.6. The zero-order chi connectivity index (χ0) is 10.6. The SMILES string of the molecule is CC(C)c1cncc(CCC(N)=O)n1. The summed E-state index contributed by atoms with van der Waals surface area (Å²) in [5.41, 5.74) is 6.83. The Labute approximate surface area is 83.6 Å². The van der Waals surface area contributed by atoms with Crippen LogP contribution in [0.3, 0.4) is 0 Å². The average Bonchev–Trinajstić information content (AvgIpc) is 2.15. The number of aromatic nitrogens is 2. The van der Waals surface area contributed by atoms with Gasteiger partial charge < -0.3 is 5.73 Å². The van der Waals surface area contributed by atoms with Gasteiger partial charge in [-0.1, -0.05) is 13.8 Å². The van der Waals surface area contributed by atoms with Gasteiger partial charge in [0.15, 0.2) is 0 Å². The third-order valence-electron chi connectivity index (χ3n) is 1.92. The number of carbonyl (C=O) groups is 1. The number of rotatable bonds is 4. The van der Waals surface area contributed by atoms with Crippen molar-refractivity contribution in [3.63, 3.8) is 0 Å². The summed E-state index contributed by atoms with van der Waals surface area (Å²) in [6.45, 7) is 4.11. The predicted octanol–water partition coefficient (Wildman–Crippen LogP) is 1.02. The molecule has 4 heteroatoms. The smallest absolute Gasteiger partial charge is 0.217 e. The van der Waals surface area contributed by atoms with Gasteiger partial charge in [-0.3, -0.25) is 14.8 Å². The van der Waals surface area contributed by atoms with E-state index in [0.29, 0.717) is 18.8 Å². The minimum Gasteiger partial charge on any atom is -0.370 e. The van der Waals surface area contributed by atoms with E-state index in [-0.39, 0.29) is 5.91 Å². The minimum atomic E-state index is -0.304. The maximum atomic E-state index is 10.6. The number of amides is 1. The quantitative estimate of drug-likeness (QED) is 0.776. The molecule has 0 bridgehead atoms. The summed E-state index contributed by atoms with van der Waals surface area (Å²) < 4.78 is 0. The van der Waals surface area contributed by atoms with Gasteiger partial charge in [-0.15, -0.1) is 0 Å². The first-order valence-electron chi connectivity index (χ1n) is 4.68. The molecule has 2 N–H and O–H groups in total. The first kappa shape index (κ1) is 10.6. The maximum Gasteiger partial charge on any atom is 0.217 e. The van der Waals surface area contributed by atoms with Gasteiger partial charge in [0.25, 0.3) is 0 Å². The van der Waals surface area contributed by atoms with Crippen LogP contribution in [-0.4, -0.2) is 15.9 Å². The fourth-order valence-corrected chi connectivity index (χ4v) is 1.07. The van der Waals surface area contributed by atoms with Crippen LogP contribution in [0.1, 0.15) is 37.6 Å². The molecule has 0 saturated heterocycles. The summed E-state index contributed by atoms with van der Waals surface area (Å²) in [7, 11) is 0. The van der Waals surface area contributed by atoms with Crippen LogP contribution in [0.4, 0.5) is 0 Å². The van der Waals surface area contributed by atoms with Gasteiger partial charge in [0.1, 0.15) is 0 Å². The molecule has 1 aromatic heterocycles. The third-order valence-corrected chi connectivity index (χ3v) is 1.92. The molecule has 0 saturated carbocycles. The lowest BCUT2D eigenvalue weighted by Crippen LogP contribution is -2.12. The zero-order valence-corrected chi connectivity index (χ0v) is 8.53. The molecular weight excluding hydrogens is 178 g/mol. The molecule has 0 unspecified atom stereocenters. The van der Waals surface area contributed by atoms with Crippen molar-refractivity contribution in [2.45, 2.75) is 32.6 Å². The number of nitrogens with zero attached hydrogens (tertiary/aromatic N) is 2. The van der Waals surface area contributed by atoms with Crippen molar-refractivity contribution < 1.29 is 4.79 Å². The standard InChI is InChI=1S/C10H15N3O/c1-7(2)9-6-12-5-8(13-9)3-4-10(11)14/h5-7H,3-4H2,1-2H3,(H2,11,14). The number of hydrogen-bond donors (Lipinski definition) is 1. The highest BCUT2D eigenvalue weighted by molar-refractivity contribution is 5.73. The van der Waals surface area contributed by atoms with Crippen LogP contribution >= 0.6 is 0 Å². The second-order valence-electron chi connectivity index (χ2n) is 3.56. The Morgan fingerprint density at radius 2 is 2.21 bits per heavy atom. The van der Waals surface area contributed by atoms with Crippen molar-refractivity contribution in [3.05, 3.63) is 23.8 Å². The molecule has 0 aliphatic heterocycles. The molecule has 14 heavy (non-hydrogen) atoms. The molecule has 1 heterocycles.